The first kappa shape index (κ1) is 20.6. The molecule has 3 unspecified atom stereocenters. The molecule has 0 amide bonds. The summed E-state index contributed by atoms with van der Waals surface area (Å²) in [7, 11) is 0. The molecule has 1 fully saturated rings. The van der Waals surface area contributed by atoms with Crippen molar-refractivity contribution in [2.45, 2.75) is 50.8 Å². The normalized spacial score (nSPS) is 20.4. The Balaban J connectivity index is 0.00000243. The monoisotopic (exact) mass is 377 g/mol. The minimum absolute atomic E-state index is 0. The molecule has 0 radical (unpaired) electrons. The number of rotatable bonds is 7. The lowest BCUT2D eigenvalue weighted by atomic mass is 10.0. The fraction of sp³-hybridized carbons (Fsp3) is 0.429. The highest BCUT2D eigenvalue weighted by molar-refractivity contribution is 5.85. The second-order valence-electron chi connectivity index (χ2n) is 6.70. The van der Waals surface area contributed by atoms with E-state index in [1.165, 1.54) is 5.56 Å². The Morgan fingerprint density at radius 2 is 1.92 bits per heavy atom. The molecule has 0 aromatic heterocycles. The molecule has 3 rings (SSSR count). The topological polar surface area (TPSA) is 61.7 Å². The molecule has 0 saturated carbocycles. The van der Waals surface area contributed by atoms with Gasteiger partial charge in [-0.2, -0.15) is 0 Å². The summed E-state index contributed by atoms with van der Waals surface area (Å²) in [5, 5.41) is 23.5. The van der Waals surface area contributed by atoms with Crippen molar-refractivity contribution < 1.29 is 14.9 Å². The van der Waals surface area contributed by atoms with Gasteiger partial charge in [0.05, 0.1) is 12.7 Å². The van der Waals surface area contributed by atoms with Gasteiger partial charge in [0.2, 0.25) is 0 Å². The maximum Gasteiger partial charge on any atom is 0.119 e. The van der Waals surface area contributed by atoms with E-state index in [9.17, 15) is 10.2 Å². The Hall–Kier alpha value is -1.75. The molecule has 26 heavy (non-hydrogen) atoms. The Kier molecular flexibility index (Phi) is 7.76. The minimum Gasteiger partial charge on any atom is -0.508 e. The largest absolute Gasteiger partial charge is 0.508 e. The van der Waals surface area contributed by atoms with Crippen LogP contribution in [0.2, 0.25) is 0 Å². The molecule has 142 valence electrons. The lowest BCUT2D eigenvalue weighted by Crippen LogP contribution is -2.34. The number of phenols is 1. The maximum atomic E-state index is 10.5. The zero-order chi connectivity index (χ0) is 17.6. The maximum absolute atomic E-state index is 10.5. The smallest absolute Gasteiger partial charge is 0.119 e. The molecule has 0 spiro atoms. The Labute approximate surface area is 161 Å². The first-order valence-corrected chi connectivity index (χ1v) is 9.10. The van der Waals surface area contributed by atoms with Crippen LogP contribution in [0.4, 0.5) is 0 Å². The summed E-state index contributed by atoms with van der Waals surface area (Å²) < 4.78 is 5.56. The van der Waals surface area contributed by atoms with Crippen molar-refractivity contribution in [2.24, 2.45) is 0 Å². The van der Waals surface area contributed by atoms with Crippen LogP contribution in [-0.4, -0.2) is 28.9 Å². The van der Waals surface area contributed by atoms with Gasteiger partial charge in [-0.3, -0.25) is 0 Å². The van der Waals surface area contributed by atoms with Crippen LogP contribution >= 0.6 is 12.4 Å². The lowest BCUT2D eigenvalue weighted by Gasteiger charge is -2.20. The van der Waals surface area contributed by atoms with E-state index in [4.69, 9.17) is 4.74 Å². The van der Waals surface area contributed by atoms with E-state index in [1.54, 1.807) is 24.3 Å². The molecule has 3 atom stereocenters. The summed E-state index contributed by atoms with van der Waals surface area (Å²) in [5.74, 6) is 1.16. The first-order valence-electron chi connectivity index (χ1n) is 9.10. The number of aromatic hydroxyl groups is 1. The molecule has 0 aliphatic carbocycles. The molecule has 4 nitrogen and oxygen atoms in total. The summed E-state index contributed by atoms with van der Waals surface area (Å²) in [6.07, 6.45) is 3.55. The summed E-state index contributed by atoms with van der Waals surface area (Å²) in [6, 6.07) is 15.6. The third kappa shape index (κ3) is 5.37. The molecule has 0 bridgehead atoms. The van der Waals surface area contributed by atoms with E-state index in [-0.39, 0.29) is 24.2 Å². The molecule has 1 saturated heterocycles. The quantitative estimate of drug-likeness (QED) is 0.682. The Bertz CT molecular complexity index is 677. The predicted octanol–water partition coefficient (Wildman–Crippen LogP) is 4.00. The van der Waals surface area contributed by atoms with Crippen LogP contribution in [0.5, 0.6) is 11.5 Å². The van der Waals surface area contributed by atoms with Gasteiger partial charge in [-0.1, -0.05) is 24.3 Å². The van der Waals surface area contributed by atoms with Gasteiger partial charge in [0.1, 0.15) is 11.5 Å². The van der Waals surface area contributed by atoms with Crippen molar-refractivity contribution in [1.82, 2.24) is 5.32 Å². The number of aliphatic hydroxyl groups excluding tert-OH is 1. The van der Waals surface area contributed by atoms with Gasteiger partial charge >= 0.3 is 0 Å². The van der Waals surface area contributed by atoms with Crippen molar-refractivity contribution in [3.63, 3.8) is 0 Å². The molecule has 1 aliphatic heterocycles. The van der Waals surface area contributed by atoms with Gasteiger partial charge in [-0.15, -0.1) is 12.4 Å². The number of hydrogen-bond acceptors (Lipinski definition) is 4. The highest BCUT2D eigenvalue weighted by Gasteiger charge is 2.29. The number of aryl methyl sites for hydroxylation is 1. The number of halogens is 1. The lowest BCUT2D eigenvalue weighted by molar-refractivity contribution is 0.135. The van der Waals surface area contributed by atoms with Crippen LogP contribution in [-0.2, 0) is 6.42 Å². The summed E-state index contributed by atoms with van der Waals surface area (Å²) in [6.45, 7) is 2.68. The fourth-order valence-electron chi connectivity index (χ4n) is 3.53. The molecule has 2 aromatic rings. The fourth-order valence-corrected chi connectivity index (χ4v) is 3.53. The second-order valence-corrected chi connectivity index (χ2v) is 6.70. The van der Waals surface area contributed by atoms with Gasteiger partial charge < -0.3 is 20.3 Å². The van der Waals surface area contributed by atoms with Crippen LogP contribution in [0, 0.1) is 0 Å². The average molecular weight is 378 g/mol. The summed E-state index contributed by atoms with van der Waals surface area (Å²) in [4.78, 5) is 0. The van der Waals surface area contributed by atoms with Gasteiger partial charge in [-0.25, -0.2) is 0 Å². The van der Waals surface area contributed by atoms with Crippen LogP contribution in [0.3, 0.4) is 0 Å². The van der Waals surface area contributed by atoms with E-state index >= 15 is 0 Å². The SMILES string of the molecule is CCOc1cccc(CCC2CCC(C(O)c3ccc(O)cc3)N2)c1.Cl. The van der Waals surface area contributed by atoms with E-state index in [2.05, 4.69) is 17.4 Å². The second kappa shape index (κ2) is 9.81. The predicted molar refractivity (Wildman–Crippen MR) is 106 cm³/mol. The van der Waals surface area contributed by atoms with Crippen molar-refractivity contribution in [3.05, 3.63) is 59.7 Å². The number of hydrogen-bond donors (Lipinski definition) is 3. The highest BCUT2D eigenvalue weighted by atomic mass is 35.5. The number of ether oxygens (including phenoxy) is 1. The molecule has 5 heteroatoms. The van der Waals surface area contributed by atoms with Crippen LogP contribution in [0.1, 0.15) is 43.4 Å². The van der Waals surface area contributed by atoms with Gasteiger partial charge in [0.15, 0.2) is 0 Å². The van der Waals surface area contributed by atoms with Crippen LogP contribution < -0.4 is 10.1 Å². The average Bonchev–Trinajstić information content (AvgIpc) is 3.10. The standard InChI is InChI=1S/C21H27NO3.ClH/c1-2-25-19-5-3-4-15(14-19)6-9-17-10-13-20(22-17)21(24)16-7-11-18(23)12-8-16;/h3-5,7-8,11-12,14,17,20-24H,2,6,9-10,13H2,1H3;1H. The van der Waals surface area contributed by atoms with Crippen molar-refractivity contribution >= 4 is 12.4 Å². The molecule has 1 aliphatic rings. The Morgan fingerprint density at radius 1 is 1.15 bits per heavy atom. The highest BCUT2D eigenvalue weighted by Crippen LogP contribution is 2.28. The zero-order valence-corrected chi connectivity index (χ0v) is 15.9. The van der Waals surface area contributed by atoms with Crippen molar-refractivity contribution in [3.8, 4) is 11.5 Å². The number of nitrogens with one attached hydrogen (secondary N) is 1. The first-order chi connectivity index (χ1) is 12.2. The Morgan fingerprint density at radius 3 is 2.65 bits per heavy atom. The van der Waals surface area contributed by atoms with E-state index in [0.717, 1.165) is 37.0 Å². The molecular weight excluding hydrogens is 350 g/mol. The van der Waals surface area contributed by atoms with Gasteiger partial charge in [-0.05, 0) is 68.0 Å². The zero-order valence-electron chi connectivity index (χ0n) is 15.1. The molecule has 3 N–H and O–H groups in total. The van der Waals surface area contributed by atoms with Crippen LogP contribution in [0.25, 0.3) is 0 Å². The minimum atomic E-state index is -0.535. The van der Waals surface area contributed by atoms with Crippen LogP contribution in [0.15, 0.2) is 48.5 Å². The number of phenolic OH excluding ortho intramolecular Hbond substituents is 1. The van der Waals surface area contributed by atoms with Gasteiger partial charge in [0.25, 0.3) is 0 Å². The molecular formula is C21H28ClNO3. The van der Waals surface area contributed by atoms with E-state index in [0.29, 0.717) is 12.6 Å². The molecule has 2 aromatic carbocycles. The van der Waals surface area contributed by atoms with E-state index in [1.807, 2.05) is 19.1 Å². The third-order valence-electron chi connectivity index (χ3n) is 4.88. The number of benzene rings is 2. The van der Waals surface area contributed by atoms with Crippen molar-refractivity contribution in [1.29, 1.82) is 0 Å². The third-order valence-corrected chi connectivity index (χ3v) is 4.88. The van der Waals surface area contributed by atoms with Crippen molar-refractivity contribution in [2.75, 3.05) is 6.61 Å². The summed E-state index contributed by atoms with van der Waals surface area (Å²) in [5.41, 5.74) is 2.13. The van der Waals surface area contributed by atoms with Gasteiger partial charge in [0, 0.05) is 12.1 Å². The van der Waals surface area contributed by atoms with E-state index < -0.39 is 6.10 Å². The number of aliphatic hydroxyl groups is 1. The summed E-state index contributed by atoms with van der Waals surface area (Å²) >= 11 is 0. The molecule has 1 heterocycles.